The smallest absolute Gasteiger partial charge is 0.253 e. The van der Waals surface area contributed by atoms with E-state index in [-0.39, 0.29) is 16.7 Å². The van der Waals surface area contributed by atoms with E-state index in [9.17, 15) is 18.0 Å². The van der Waals surface area contributed by atoms with Gasteiger partial charge in [0.05, 0.1) is 4.90 Å². The molecule has 2 aromatic carbocycles. The Morgan fingerprint density at radius 2 is 1.29 bits per heavy atom. The number of sulfonamides is 1. The van der Waals surface area contributed by atoms with Crippen molar-refractivity contribution in [2.75, 3.05) is 39.3 Å². The molecule has 0 saturated carbocycles. The van der Waals surface area contributed by atoms with Gasteiger partial charge in [0.1, 0.15) is 0 Å². The average Bonchev–Trinajstić information content (AvgIpc) is 3.18. The van der Waals surface area contributed by atoms with Crippen LogP contribution in [-0.2, 0) is 14.8 Å². The molecule has 2 saturated heterocycles. The zero-order chi connectivity index (χ0) is 24.0. The fraction of sp³-hybridized carbons (Fsp3) is 0.385. The topological polar surface area (TPSA) is 78.0 Å². The number of hydrogen-bond donors (Lipinski definition) is 0. The summed E-state index contributed by atoms with van der Waals surface area (Å²) in [7, 11) is -3.48. The minimum absolute atomic E-state index is 0.0153. The Balaban J connectivity index is 1.31. The minimum atomic E-state index is -3.48. The zero-order valence-corrected chi connectivity index (χ0v) is 20.1. The van der Waals surface area contributed by atoms with Crippen molar-refractivity contribution < 1.29 is 18.0 Å². The van der Waals surface area contributed by atoms with E-state index < -0.39 is 10.0 Å². The maximum atomic E-state index is 12.9. The zero-order valence-electron chi connectivity index (χ0n) is 19.3. The first kappa shape index (κ1) is 24.2. The molecule has 2 amide bonds. The highest BCUT2D eigenvalue weighted by Crippen LogP contribution is 2.21. The molecule has 0 unspecified atom stereocenters. The molecule has 180 valence electrons. The third-order valence-electron chi connectivity index (χ3n) is 6.40. The van der Waals surface area contributed by atoms with Crippen molar-refractivity contribution in [3.05, 3.63) is 71.8 Å². The van der Waals surface area contributed by atoms with Gasteiger partial charge in [0.2, 0.25) is 15.9 Å². The Morgan fingerprint density at radius 1 is 0.706 bits per heavy atom. The quantitative estimate of drug-likeness (QED) is 0.615. The van der Waals surface area contributed by atoms with E-state index >= 15 is 0 Å². The molecule has 2 aromatic rings. The Labute approximate surface area is 201 Å². The van der Waals surface area contributed by atoms with Gasteiger partial charge >= 0.3 is 0 Å². The fourth-order valence-electron chi connectivity index (χ4n) is 4.35. The predicted molar refractivity (Wildman–Crippen MR) is 132 cm³/mol. The molecule has 2 aliphatic heterocycles. The van der Waals surface area contributed by atoms with Gasteiger partial charge in [0.25, 0.3) is 5.91 Å². The molecule has 2 heterocycles. The SMILES string of the molecule is O=C(C=Cc1ccc(S(=O)(=O)N2CCCCCC2)cc1)N1CCN(C(=O)c2ccccc2)CC1. The second-order valence-corrected chi connectivity index (χ2v) is 10.6. The molecule has 7 nitrogen and oxygen atoms in total. The molecule has 0 bridgehead atoms. The highest BCUT2D eigenvalue weighted by molar-refractivity contribution is 7.89. The van der Waals surface area contributed by atoms with Gasteiger partial charge in [0, 0.05) is 50.9 Å². The number of rotatable bonds is 5. The van der Waals surface area contributed by atoms with Gasteiger partial charge in [-0.3, -0.25) is 9.59 Å². The maximum absolute atomic E-state index is 12.9. The largest absolute Gasteiger partial charge is 0.336 e. The molecule has 4 rings (SSSR count). The van der Waals surface area contributed by atoms with Crippen LogP contribution in [-0.4, -0.2) is 73.6 Å². The number of nitrogens with zero attached hydrogens (tertiary/aromatic N) is 3. The molecule has 0 aromatic heterocycles. The highest BCUT2D eigenvalue weighted by Gasteiger charge is 2.25. The number of hydrogen-bond acceptors (Lipinski definition) is 4. The van der Waals surface area contributed by atoms with Crippen LogP contribution in [0.15, 0.2) is 65.6 Å². The van der Waals surface area contributed by atoms with Crippen molar-refractivity contribution in [1.82, 2.24) is 14.1 Å². The molecule has 2 fully saturated rings. The van der Waals surface area contributed by atoms with Crippen molar-refractivity contribution in [1.29, 1.82) is 0 Å². The summed E-state index contributed by atoms with van der Waals surface area (Å²) in [5, 5.41) is 0. The number of carbonyl (C=O) groups excluding carboxylic acids is 2. The third-order valence-corrected chi connectivity index (χ3v) is 8.31. The van der Waals surface area contributed by atoms with Crippen molar-refractivity contribution in [3.63, 3.8) is 0 Å². The monoisotopic (exact) mass is 481 g/mol. The molecule has 0 radical (unpaired) electrons. The average molecular weight is 482 g/mol. The lowest BCUT2D eigenvalue weighted by Gasteiger charge is -2.34. The number of piperazine rings is 1. The van der Waals surface area contributed by atoms with Crippen LogP contribution in [0.1, 0.15) is 41.6 Å². The van der Waals surface area contributed by atoms with Crippen LogP contribution >= 0.6 is 0 Å². The first-order chi connectivity index (χ1) is 16.4. The van der Waals surface area contributed by atoms with Crippen LogP contribution in [0.3, 0.4) is 0 Å². The first-order valence-electron chi connectivity index (χ1n) is 11.9. The van der Waals surface area contributed by atoms with E-state index in [2.05, 4.69) is 0 Å². The maximum Gasteiger partial charge on any atom is 0.253 e. The lowest BCUT2D eigenvalue weighted by molar-refractivity contribution is -0.127. The van der Waals surface area contributed by atoms with Crippen molar-refractivity contribution in [2.24, 2.45) is 0 Å². The van der Waals surface area contributed by atoms with E-state index in [1.165, 1.54) is 6.08 Å². The van der Waals surface area contributed by atoms with Gasteiger partial charge < -0.3 is 9.80 Å². The van der Waals surface area contributed by atoms with E-state index in [4.69, 9.17) is 0 Å². The molecule has 8 heteroatoms. The lowest BCUT2D eigenvalue weighted by atomic mass is 10.1. The molecular formula is C26H31N3O4S. The van der Waals surface area contributed by atoms with Crippen molar-refractivity contribution in [3.8, 4) is 0 Å². The van der Waals surface area contributed by atoms with Gasteiger partial charge in [0.15, 0.2) is 0 Å². The Kier molecular flexibility index (Phi) is 7.80. The molecule has 0 N–H and O–H groups in total. The summed E-state index contributed by atoms with van der Waals surface area (Å²) in [4.78, 5) is 29.0. The van der Waals surface area contributed by atoms with Gasteiger partial charge in [-0.25, -0.2) is 8.42 Å². The standard InChI is InChI=1S/C26H31N3O4S/c30-25(27-18-20-28(21-19-27)26(31)23-8-4-3-5-9-23)15-12-22-10-13-24(14-11-22)34(32,33)29-16-6-1-2-7-17-29/h3-5,8-15H,1-2,6-7,16-21H2. The van der Waals surface area contributed by atoms with Crippen LogP contribution in [0.25, 0.3) is 6.08 Å². The van der Waals surface area contributed by atoms with Crippen LogP contribution in [0.2, 0.25) is 0 Å². The third kappa shape index (κ3) is 5.74. The molecule has 0 spiro atoms. The molecule has 0 atom stereocenters. The van der Waals surface area contributed by atoms with Crippen LogP contribution in [0.5, 0.6) is 0 Å². The van der Waals surface area contributed by atoms with E-state index in [0.29, 0.717) is 44.8 Å². The Morgan fingerprint density at radius 3 is 1.91 bits per heavy atom. The Hall–Kier alpha value is -2.97. The molecule has 2 aliphatic rings. The van der Waals surface area contributed by atoms with Gasteiger partial charge in [-0.15, -0.1) is 0 Å². The van der Waals surface area contributed by atoms with Crippen molar-refractivity contribution in [2.45, 2.75) is 30.6 Å². The van der Waals surface area contributed by atoms with Gasteiger partial charge in [-0.2, -0.15) is 4.31 Å². The fourth-order valence-corrected chi connectivity index (χ4v) is 5.87. The Bertz CT molecular complexity index is 1110. The first-order valence-corrected chi connectivity index (χ1v) is 13.3. The summed E-state index contributed by atoms with van der Waals surface area (Å²) in [6.07, 6.45) is 7.15. The lowest BCUT2D eigenvalue weighted by Crippen LogP contribution is -2.50. The van der Waals surface area contributed by atoms with Crippen LogP contribution in [0, 0.1) is 0 Å². The summed E-state index contributed by atoms with van der Waals surface area (Å²) in [6.45, 7) is 3.10. The number of carbonyl (C=O) groups is 2. The highest BCUT2D eigenvalue weighted by atomic mass is 32.2. The number of benzene rings is 2. The summed E-state index contributed by atoms with van der Waals surface area (Å²) >= 11 is 0. The minimum Gasteiger partial charge on any atom is -0.336 e. The second kappa shape index (κ2) is 11.0. The second-order valence-electron chi connectivity index (χ2n) is 8.70. The summed E-state index contributed by atoms with van der Waals surface area (Å²) in [5.74, 6) is -0.133. The van der Waals surface area contributed by atoms with E-state index in [1.807, 2.05) is 18.2 Å². The van der Waals surface area contributed by atoms with E-state index in [0.717, 1.165) is 31.2 Å². The summed E-state index contributed by atoms with van der Waals surface area (Å²) in [5.41, 5.74) is 1.42. The molecule has 0 aliphatic carbocycles. The molecular weight excluding hydrogens is 450 g/mol. The van der Waals surface area contributed by atoms with Crippen LogP contribution < -0.4 is 0 Å². The summed E-state index contributed by atoms with van der Waals surface area (Å²) < 4.78 is 27.4. The van der Waals surface area contributed by atoms with Gasteiger partial charge in [-0.05, 0) is 48.7 Å². The van der Waals surface area contributed by atoms with Crippen LogP contribution in [0.4, 0.5) is 0 Å². The molecule has 34 heavy (non-hydrogen) atoms. The summed E-state index contributed by atoms with van der Waals surface area (Å²) in [6, 6.07) is 15.8. The number of amides is 2. The van der Waals surface area contributed by atoms with Gasteiger partial charge in [-0.1, -0.05) is 43.2 Å². The normalized spacial score (nSPS) is 18.1. The van der Waals surface area contributed by atoms with E-state index in [1.54, 1.807) is 56.6 Å². The predicted octanol–water partition coefficient (Wildman–Crippen LogP) is 3.25. The van der Waals surface area contributed by atoms with Crippen molar-refractivity contribution >= 4 is 27.9 Å².